The predicted molar refractivity (Wildman–Crippen MR) is 88.9 cm³/mol. The highest BCUT2D eigenvalue weighted by atomic mass is 32.2. The number of nitrogens with zero attached hydrogens (tertiary/aromatic N) is 1. The van der Waals surface area contributed by atoms with Gasteiger partial charge in [-0.05, 0) is 29.0 Å². The van der Waals surface area contributed by atoms with Crippen LogP contribution in [0.5, 0.6) is 0 Å². The van der Waals surface area contributed by atoms with Gasteiger partial charge in [0.25, 0.3) is 11.8 Å². The highest BCUT2D eigenvalue weighted by Crippen LogP contribution is 2.24. The van der Waals surface area contributed by atoms with Gasteiger partial charge in [-0.1, -0.05) is 43.3 Å². The molecule has 0 fully saturated rings. The van der Waals surface area contributed by atoms with Crippen LogP contribution in [0, 0.1) is 0 Å². The quantitative estimate of drug-likeness (QED) is 0.790. The SMILES string of the molecule is CCSCc1cccc(CN2C(=O)c3ccccc3C2=O)c1. The van der Waals surface area contributed by atoms with Gasteiger partial charge in [-0.25, -0.2) is 0 Å². The molecule has 3 rings (SSSR count). The number of imide groups is 1. The monoisotopic (exact) mass is 311 g/mol. The fourth-order valence-electron chi connectivity index (χ4n) is 2.60. The summed E-state index contributed by atoms with van der Waals surface area (Å²) in [6.07, 6.45) is 0. The molecule has 0 saturated carbocycles. The molecule has 112 valence electrons. The Bertz CT molecular complexity index is 692. The molecule has 2 aromatic rings. The van der Waals surface area contributed by atoms with Gasteiger partial charge in [-0.15, -0.1) is 0 Å². The molecule has 0 saturated heterocycles. The Morgan fingerprint density at radius 1 is 0.909 bits per heavy atom. The van der Waals surface area contributed by atoms with E-state index in [4.69, 9.17) is 0 Å². The second-order valence-corrected chi connectivity index (χ2v) is 6.47. The number of amides is 2. The maximum atomic E-state index is 12.4. The lowest BCUT2D eigenvalue weighted by Gasteiger charge is -2.14. The van der Waals surface area contributed by atoms with Crippen LogP contribution in [0.2, 0.25) is 0 Å². The number of fused-ring (bicyclic) bond motifs is 1. The van der Waals surface area contributed by atoms with Crippen molar-refractivity contribution in [2.24, 2.45) is 0 Å². The molecule has 22 heavy (non-hydrogen) atoms. The third-order valence-electron chi connectivity index (χ3n) is 3.68. The zero-order valence-electron chi connectivity index (χ0n) is 12.4. The van der Waals surface area contributed by atoms with E-state index in [9.17, 15) is 9.59 Å². The number of hydrogen-bond acceptors (Lipinski definition) is 3. The summed E-state index contributed by atoms with van der Waals surface area (Å²) >= 11 is 1.86. The third kappa shape index (κ3) is 2.79. The summed E-state index contributed by atoms with van der Waals surface area (Å²) in [6.45, 7) is 2.46. The second kappa shape index (κ2) is 6.36. The van der Waals surface area contributed by atoms with Crippen LogP contribution in [0.15, 0.2) is 48.5 Å². The molecule has 1 aliphatic heterocycles. The highest BCUT2D eigenvalue weighted by molar-refractivity contribution is 7.98. The van der Waals surface area contributed by atoms with E-state index in [0.29, 0.717) is 17.7 Å². The van der Waals surface area contributed by atoms with E-state index < -0.39 is 0 Å². The van der Waals surface area contributed by atoms with E-state index in [1.54, 1.807) is 24.3 Å². The molecule has 0 spiro atoms. The maximum Gasteiger partial charge on any atom is 0.261 e. The highest BCUT2D eigenvalue weighted by Gasteiger charge is 2.34. The van der Waals surface area contributed by atoms with Gasteiger partial charge in [0, 0.05) is 5.75 Å². The minimum Gasteiger partial charge on any atom is -0.270 e. The molecule has 4 heteroatoms. The summed E-state index contributed by atoms with van der Waals surface area (Å²) in [5, 5.41) is 0. The molecule has 0 bridgehead atoms. The fourth-order valence-corrected chi connectivity index (χ4v) is 3.22. The zero-order valence-corrected chi connectivity index (χ0v) is 13.2. The normalized spacial score (nSPS) is 13.6. The molecule has 3 nitrogen and oxygen atoms in total. The molecule has 0 atom stereocenters. The smallest absolute Gasteiger partial charge is 0.261 e. The Labute approximate surface area is 134 Å². The van der Waals surface area contributed by atoms with E-state index in [0.717, 1.165) is 17.1 Å². The Hall–Kier alpha value is -2.07. The molecular weight excluding hydrogens is 294 g/mol. The van der Waals surface area contributed by atoms with Gasteiger partial charge in [-0.2, -0.15) is 11.8 Å². The van der Waals surface area contributed by atoms with Crippen LogP contribution in [0.25, 0.3) is 0 Å². The predicted octanol–water partition coefficient (Wildman–Crippen LogP) is 3.74. The number of hydrogen-bond donors (Lipinski definition) is 0. The maximum absolute atomic E-state index is 12.4. The van der Waals surface area contributed by atoms with Crippen LogP contribution in [-0.2, 0) is 12.3 Å². The largest absolute Gasteiger partial charge is 0.270 e. The first-order valence-corrected chi connectivity index (χ1v) is 8.47. The average molecular weight is 311 g/mol. The summed E-state index contributed by atoms with van der Waals surface area (Å²) in [5.41, 5.74) is 3.22. The van der Waals surface area contributed by atoms with E-state index >= 15 is 0 Å². The van der Waals surface area contributed by atoms with Crippen LogP contribution in [-0.4, -0.2) is 22.5 Å². The van der Waals surface area contributed by atoms with Crippen LogP contribution >= 0.6 is 11.8 Å². The summed E-state index contributed by atoms with van der Waals surface area (Å²) in [4.78, 5) is 26.1. The van der Waals surface area contributed by atoms with E-state index in [1.807, 2.05) is 23.9 Å². The van der Waals surface area contributed by atoms with Crippen molar-refractivity contribution in [2.45, 2.75) is 19.2 Å². The number of carbonyl (C=O) groups excluding carboxylic acids is 2. The van der Waals surface area contributed by atoms with Crippen molar-refractivity contribution in [2.75, 3.05) is 5.75 Å². The van der Waals surface area contributed by atoms with Crippen molar-refractivity contribution in [3.05, 3.63) is 70.8 Å². The van der Waals surface area contributed by atoms with Gasteiger partial charge in [0.2, 0.25) is 0 Å². The van der Waals surface area contributed by atoms with Crippen LogP contribution in [0.4, 0.5) is 0 Å². The van der Waals surface area contributed by atoms with Gasteiger partial charge in [0.1, 0.15) is 0 Å². The first kappa shape index (κ1) is 14.9. The summed E-state index contributed by atoms with van der Waals surface area (Å²) in [5.74, 6) is 1.62. The second-order valence-electron chi connectivity index (χ2n) is 5.20. The number of carbonyl (C=O) groups is 2. The van der Waals surface area contributed by atoms with Crippen molar-refractivity contribution in [1.29, 1.82) is 0 Å². The minimum atomic E-state index is -0.200. The standard InChI is InChI=1S/C18H17NO2S/c1-2-22-12-14-7-5-6-13(10-14)11-19-17(20)15-8-3-4-9-16(15)18(19)21/h3-10H,2,11-12H2,1H3. The van der Waals surface area contributed by atoms with Gasteiger partial charge >= 0.3 is 0 Å². The lowest BCUT2D eigenvalue weighted by Crippen LogP contribution is -2.29. The Balaban J connectivity index is 1.80. The van der Waals surface area contributed by atoms with Gasteiger partial charge < -0.3 is 0 Å². The van der Waals surface area contributed by atoms with Crippen LogP contribution in [0.3, 0.4) is 0 Å². The molecule has 0 aliphatic carbocycles. The Morgan fingerprint density at radius 2 is 1.55 bits per heavy atom. The van der Waals surface area contributed by atoms with Crippen molar-refractivity contribution in [3.8, 4) is 0 Å². The van der Waals surface area contributed by atoms with Gasteiger partial charge in [-0.3, -0.25) is 14.5 Å². The van der Waals surface area contributed by atoms with Crippen molar-refractivity contribution in [1.82, 2.24) is 4.90 Å². The average Bonchev–Trinajstić information content (AvgIpc) is 2.79. The molecule has 0 unspecified atom stereocenters. The molecule has 0 aromatic heterocycles. The first-order chi connectivity index (χ1) is 10.7. The summed E-state index contributed by atoms with van der Waals surface area (Å²) in [6, 6.07) is 15.1. The first-order valence-electron chi connectivity index (χ1n) is 7.31. The number of rotatable bonds is 5. The van der Waals surface area contributed by atoms with Crippen molar-refractivity contribution >= 4 is 23.6 Å². The van der Waals surface area contributed by atoms with Crippen molar-refractivity contribution in [3.63, 3.8) is 0 Å². The Kier molecular flexibility index (Phi) is 4.29. The number of benzene rings is 2. The third-order valence-corrected chi connectivity index (χ3v) is 4.63. The molecule has 2 aromatic carbocycles. The van der Waals surface area contributed by atoms with Crippen LogP contribution < -0.4 is 0 Å². The lowest BCUT2D eigenvalue weighted by molar-refractivity contribution is 0.0642. The van der Waals surface area contributed by atoms with E-state index in [-0.39, 0.29) is 11.8 Å². The summed E-state index contributed by atoms with van der Waals surface area (Å²) in [7, 11) is 0. The molecule has 0 radical (unpaired) electrons. The zero-order chi connectivity index (χ0) is 15.5. The van der Waals surface area contributed by atoms with Crippen molar-refractivity contribution < 1.29 is 9.59 Å². The van der Waals surface area contributed by atoms with E-state index in [2.05, 4.69) is 19.1 Å². The molecule has 1 aliphatic rings. The fraction of sp³-hybridized carbons (Fsp3) is 0.222. The topological polar surface area (TPSA) is 37.4 Å². The molecular formula is C18H17NO2S. The Morgan fingerprint density at radius 3 is 2.18 bits per heavy atom. The van der Waals surface area contributed by atoms with Crippen LogP contribution in [0.1, 0.15) is 38.8 Å². The molecule has 0 N–H and O–H groups in total. The van der Waals surface area contributed by atoms with Gasteiger partial charge in [0.15, 0.2) is 0 Å². The van der Waals surface area contributed by atoms with E-state index in [1.165, 1.54) is 10.5 Å². The number of thioether (sulfide) groups is 1. The molecule has 2 amide bonds. The lowest BCUT2D eigenvalue weighted by atomic mass is 10.1. The molecule has 1 heterocycles. The summed E-state index contributed by atoms with van der Waals surface area (Å²) < 4.78 is 0. The van der Waals surface area contributed by atoms with Gasteiger partial charge in [0.05, 0.1) is 17.7 Å². The minimum absolute atomic E-state index is 0.200.